The van der Waals surface area contributed by atoms with Crippen LogP contribution in [0.3, 0.4) is 0 Å². The van der Waals surface area contributed by atoms with Gasteiger partial charge >= 0.3 is 0 Å². The Morgan fingerprint density at radius 3 is 3.05 bits per heavy atom. The third-order valence-electron chi connectivity index (χ3n) is 4.27. The first-order valence-corrected chi connectivity index (χ1v) is 8.03. The van der Waals surface area contributed by atoms with Gasteiger partial charge in [-0.3, -0.25) is 9.78 Å². The smallest absolute Gasteiger partial charge is 0.185 e. The molecule has 1 aliphatic rings. The highest BCUT2D eigenvalue weighted by atomic mass is 16.3. The van der Waals surface area contributed by atoms with E-state index in [1.54, 1.807) is 12.5 Å². The van der Waals surface area contributed by atoms with E-state index in [1.807, 2.05) is 30.3 Å². The molecule has 0 radical (unpaired) electrons. The number of likely N-dealkylation sites (tertiary alicyclic amines) is 1. The number of carbonyl (C=O) groups excluding carboxylic acids is 1. The average molecular weight is 298 g/mol. The Morgan fingerprint density at radius 2 is 2.27 bits per heavy atom. The highest BCUT2D eigenvalue weighted by Gasteiger charge is 2.26. The van der Waals surface area contributed by atoms with Gasteiger partial charge in [0.15, 0.2) is 5.78 Å². The van der Waals surface area contributed by atoms with Gasteiger partial charge < -0.3 is 9.32 Å². The molecule has 1 aliphatic heterocycles. The number of pyridine rings is 1. The summed E-state index contributed by atoms with van der Waals surface area (Å²) < 4.78 is 5.36. The quantitative estimate of drug-likeness (QED) is 0.768. The Labute approximate surface area is 131 Å². The minimum absolute atomic E-state index is 0.0901. The molecule has 4 heteroatoms. The minimum Gasteiger partial charge on any atom is -0.469 e. The van der Waals surface area contributed by atoms with Crippen LogP contribution in [-0.2, 0) is 6.42 Å². The lowest BCUT2D eigenvalue weighted by Crippen LogP contribution is -2.39. The van der Waals surface area contributed by atoms with Gasteiger partial charge in [0.1, 0.15) is 11.5 Å². The molecule has 0 N–H and O–H groups in total. The fraction of sp³-hybridized carbons (Fsp3) is 0.444. The van der Waals surface area contributed by atoms with Crippen LogP contribution in [0.15, 0.2) is 47.2 Å². The second-order valence-corrected chi connectivity index (χ2v) is 5.90. The van der Waals surface area contributed by atoms with Crippen LogP contribution in [-0.4, -0.2) is 35.3 Å². The summed E-state index contributed by atoms with van der Waals surface area (Å²) in [6.45, 7) is 2.96. The molecule has 2 aromatic heterocycles. The van der Waals surface area contributed by atoms with Crippen molar-refractivity contribution in [3.05, 3.63) is 54.2 Å². The first-order chi connectivity index (χ1) is 10.8. The van der Waals surface area contributed by atoms with Gasteiger partial charge in [-0.15, -0.1) is 0 Å². The second kappa shape index (κ2) is 7.36. The molecule has 22 heavy (non-hydrogen) atoms. The van der Waals surface area contributed by atoms with Gasteiger partial charge in [-0.2, -0.15) is 0 Å². The van der Waals surface area contributed by atoms with Gasteiger partial charge in [-0.25, -0.2) is 0 Å². The fourth-order valence-electron chi connectivity index (χ4n) is 3.12. The fourth-order valence-corrected chi connectivity index (χ4v) is 3.12. The molecule has 3 rings (SSSR count). The van der Waals surface area contributed by atoms with Crippen molar-refractivity contribution in [2.75, 3.05) is 19.6 Å². The highest BCUT2D eigenvalue weighted by Crippen LogP contribution is 2.20. The molecule has 2 aromatic rings. The molecule has 1 saturated heterocycles. The summed E-state index contributed by atoms with van der Waals surface area (Å²) in [5, 5.41) is 0. The molecule has 3 heterocycles. The highest BCUT2D eigenvalue weighted by molar-refractivity contribution is 5.96. The van der Waals surface area contributed by atoms with Crippen LogP contribution in [0.2, 0.25) is 0 Å². The monoisotopic (exact) mass is 298 g/mol. The zero-order valence-corrected chi connectivity index (χ0v) is 12.8. The lowest BCUT2D eigenvalue weighted by atomic mass is 9.92. The SMILES string of the molecule is O=C(c1ccccn1)[C@@H]1CCCN(CCCc2ccco2)C1. The molecule has 1 atom stereocenters. The number of nitrogens with zero attached hydrogens (tertiary/aromatic N) is 2. The number of piperidine rings is 1. The molecule has 116 valence electrons. The average Bonchev–Trinajstić information content (AvgIpc) is 3.09. The lowest BCUT2D eigenvalue weighted by molar-refractivity contribution is 0.0813. The van der Waals surface area contributed by atoms with Crippen molar-refractivity contribution in [2.45, 2.75) is 25.7 Å². The van der Waals surface area contributed by atoms with E-state index < -0.39 is 0 Å². The standard InChI is InChI=1S/C18H22N2O2/c21-18(17-9-1-2-10-19-17)15-6-3-11-20(14-15)12-4-7-16-8-5-13-22-16/h1-2,5,8-10,13,15H,3-4,6-7,11-12,14H2/t15-/m1/s1. The Morgan fingerprint density at radius 1 is 1.32 bits per heavy atom. The molecule has 1 fully saturated rings. The number of ketones is 1. The summed E-state index contributed by atoms with van der Waals surface area (Å²) in [5.74, 6) is 1.32. The van der Waals surface area contributed by atoms with E-state index in [0.717, 1.165) is 51.1 Å². The zero-order valence-electron chi connectivity index (χ0n) is 12.8. The Hall–Kier alpha value is -1.94. The Bertz CT molecular complexity index is 580. The number of Topliss-reactive ketones (excluding diaryl/α,β-unsaturated/α-hetero) is 1. The van der Waals surface area contributed by atoms with Gasteiger partial charge in [0, 0.05) is 25.1 Å². The number of hydrogen-bond acceptors (Lipinski definition) is 4. The van der Waals surface area contributed by atoms with Crippen LogP contribution in [0, 0.1) is 5.92 Å². The summed E-state index contributed by atoms with van der Waals surface area (Å²) >= 11 is 0. The van der Waals surface area contributed by atoms with E-state index in [0.29, 0.717) is 5.69 Å². The van der Waals surface area contributed by atoms with Crippen LogP contribution in [0.4, 0.5) is 0 Å². The van der Waals surface area contributed by atoms with Crippen molar-refractivity contribution in [1.29, 1.82) is 0 Å². The second-order valence-electron chi connectivity index (χ2n) is 5.90. The summed E-state index contributed by atoms with van der Waals surface area (Å²) in [6, 6.07) is 9.49. The number of furan rings is 1. The molecule has 0 amide bonds. The van der Waals surface area contributed by atoms with Gasteiger partial charge in [0.2, 0.25) is 0 Å². The van der Waals surface area contributed by atoms with E-state index in [4.69, 9.17) is 4.42 Å². The van der Waals surface area contributed by atoms with Crippen molar-refractivity contribution in [3.63, 3.8) is 0 Å². The van der Waals surface area contributed by atoms with E-state index in [1.165, 1.54) is 0 Å². The number of carbonyl (C=O) groups is 1. The maximum absolute atomic E-state index is 12.5. The van der Waals surface area contributed by atoms with Crippen molar-refractivity contribution < 1.29 is 9.21 Å². The van der Waals surface area contributed by atoms with E-state index in [2.05, 4.69) is 9.88 Å². The maximum atomic E-state index is 12.5. The summed E-state index contributed by atoms with van der Waals surface area (Å²) in [4.78, 5) is 19.1. The molecular weight excluding hydrogens is 276 g/mol. The first-order valence-electron chi connectivity index (χ1n) is 8.03. The molecule has 4 nitrogen and oxygen atoms in total. The van der Waals surface area contributed by atoms with Gasteiger partial charge in [-0.05, 0) is 56.6 Å². The van der Waals surface area contributed by atoms with Gasteiger partial charge in [0.25, 0.3) is 0 Å². The molecule has 0 aliphatic carbocycles. The maximum Gasteiger partial charge on any atom is 0.185 e. The number of rotatable bonds is 6. The zero-order chi connectivity index (χ0) is 15.2. The van der Waals surface area contributed by atoms with E-state index in [9.17, 15) is 4.79 Å². The molecule has 0 saturated carbocycles. The third kappa shape index (κ3) is 3.83. The minimum atomic E-state index is 0.0901. The van der Waals surface area contributed by atoms with Crippen LogP contribution < -0.4 is 0 Å². The van der Waals surface area contributed by atoms with E-state index in [-0.39, 0.29) is 11.7 Å². The van der Waals surface area contributed by atoms with Crippen LogP contribution in [0.1, 0.15) is 35.5 Å². The topological polar surface area (TPSA) is 46.3 Å². The lowest BCUT2D eigenvalue weighted by Gasteiger charge is -2.31. The van der Waals surface area contributed by atoms with Crippen LogP contribution in [0.5, 0.6) is 0 Å². The first kappa shape index (κ1) is 15.0. The number of aromatic nitrogens is 1. The summed E-state index contributed by atoms with van der Waals surface area (Å²) in [5.41, 5.74) is 0.602. The number of aryl methyl sites for hydroxylation is 1. The van der Waals surface area contributed by atoms with Crippen molar-refractivity contribution in [3.8, 4) is 0 Å². The molecule has 0 bridgehead atoms. The predicted octanol–water partition coefficient (Wildman–Crippen LogP) is 3.20. The summed E-state index contributed by atoms with van der Waals surface area (Å²) in [7, 11) is 0. The Balaban J connectivity index is 1.50. The van der Waals surface area contributed by atoms with E-state index >= 15 is 0 Å². The molecule has 0 aromatic carbocycles. The number of hydrogen-bond donors (Lipinski definition) is 0. The molecular formula is C18H22N2O2. The predicted molar refractivity (Wildman–Crippen MR) is 84.8 cm³/mol. The van der Waals surface area contributed by atoms with Crippen LogP contribution >= 0.6 is 0 Å². The van der Waals surface area contributed by atoms with Crippen molar-refractivity contribution in [2.24, 2.45) is 5.92 Å². The molecule has 0 spiro atoms. The summed E-state index contributed by atoms with van der Waals surface area (Å²) in [6.07, 6.45) is 7.50. The van der Waals surface area contributed by atoms with Gasteiger partial charge in [-0.1, -0.05) is 6.07 Å². The Kier molecular flexibility index (Phi) is 5.01. The van der Waals surface area contributed by atoms with Gasteiger partial charge in [0.05, 0.1) is 6.26 Å². The van der Waals surface area contributed by atoms with Crippen molar-refractivity contribution in [1.82, 2.24) is 9.88 Å². The largest absolute Gasteiger partial charge is 0.469 e. The van der Waals surface area contributed by atoms with Crippen molar-refractivity contribution >= 4 is 5.78 Å². The van der Waals surface area contributed by atoms with Crippen LogP contribution in [0.25, 0.3) is 0 Å². The third-order valence-corrected chi connectivity index (χ3v) is 4.27. The normalized spacial score (nSPS) is 19.2. The molecule has 0 unspecified atom stereocenters.